The number of carbonyl (C=O) groups excluding carboxylic acids is 1. The Morgan fingerprint density at radius 3 is 2.43 bits per heavy atom. The van der Waals surface area contributed by atoms with Gasteiger partial charge in [0.15, 0.2) is 0 Å². The number of anilines is 2. The van der Waals surface area contributed by atoms with E-state index in [9.17, 15) is 15.3 Å². The fourth-order valence-electron chi connectivity index (χ4n) is 3.49. The molecule has 0 saturated carbocycles. The van der Waals surface area contributed by atoms with Crippen LogP contribution in [0.15, 0.2) is 41.4 Å². The van der Waals surface area contributed by atoms with Gasteiger partial charge in [0.1, 0.15) is 34.3 Å². The van der Waals surface area contributed by atoms with Crippen LogP contribution in [-0.4, -0.2) is 23.3 Å². The molecule has 0 aliphatic rings. The van der Waals surface area contributed by atoms with Crippen LogP contribution in [0.25, 0.3) is 11.1 Å². The van der Waals surface area contributed by atoms with Crippen LogP contribution >= 0.6 is 23.4 Å². The molecule has 0 bridgehead atoms. The summed E-state index contributed by atoms with van der Waals surface area (Å²) in [6.45, 7) is 5.64. The van der Waals surface area contributed by atoms with E-state index in [2.05, 4.69) is 22.4 Å². The number of nitriles is 2. The van der Waals surface area contributed by atoms with Gasteiger partial charge in [-0.3, -0.25) is 4.79 Å². The highest BCUT2D eigenvalue weighted by molar-refractivity contribution is 8.00. The molecule has 178 valence electrons. The van der Waals surface area contributed by atoms with E-state index in [1.165, 1.54) is 7.11 Å². The van der Waals surface area contributed by atoms with E-state index in [1.54, 1.807) is 12.1 Å². The number of hydrogen-bond donors (Lipinski definition) is 2. The van der Waals surface area contributed by atoms with Crippen LogP contribution in [0, 0.1) is 36.5 Å². The molecule has 0 aliphatic heterocycles. The third-order valence-corrected chi connectivity index (χ3v) is 7.17. The Hall–Kier alpha value is -3.72. The Morgan fingerprint density at radius 1 is 1.20 bits per heavy atom. The summed E-state index contributed by atoms with van der Waals surface area (Å²) in [5, 5.41) is 22.9. The van der Waals surface area contributed by atoms with Gasteiger partial charge in [-0.2, -0.15) is 10.5 Å². The van der Waals surface area contributed by atoms with Crippen molar-refractivity contribution in [3.05, 3.63) is 63.7 Å². The molecule has 1 aromatic heterocycles. The molecule has 0 radical (unpaired) electrons. The first-order valence-electron chi connectivity index (χ1n) is 10.8. The molecule has 0 fully saturated rings. The van der Waals surface area contributed by atoms with E-state index in [0.29, 0.717) is 39.0 Å². The van der Waals surface area contributed by atoms with Gasteiger partial charge in [0.25, 0.3) is 0 Å². The Balaban J connectivity index is 2.02. The smallest absolute Gasteiger partial charge is 0.238 e. The number of aryl methyl sites for hydroxylation is 2. The number of ether oxygens (including phenoxy) is 1. The number of halogens is 1. The first-order valence-corrected chi connectivity index (χ1v) is 12.0. The highest BCUT2D eigenvalue weighted by Gasteiger charge is 2.26. The summed E-state index contributed by atoms with van der Waals surface area (Å²) in [6.07, 6.45) is 0.456. The summed E-state index contributed by atoms with van der Waals surface area (Å²) in [7, 11) is 1.50. The maximum absolute atomic E-state index is 13.2. The topological polar surface area (TPSA) is 125 Å². The molecule has 0 saturated heterocycles. The van der Waals surface area contributed by atoms with Crippen molar-refractivity contribution in [1.82, 2.24) is 4.98 Å². The number of hydrogen-bond acceptors (Lipinski definition) is 7. The summed E-state index contributed by atoms with van der Waals surface area (Å²) in [5.74, 6) is 0.159. The van der Waals surface area contributed by atoms with Crippen molar-refractivity contribution < 1.29 is 9.53 Å². The van der Waals surface area contributed by atoms with E-state index in [4.69, 9.17) is 22.1 Å². The molecule has 3 N–H and O–H groups in total. The summed E-state index contributed by atoms with van der Waals surface area (Å²) >= 11 is 7.31. The highest BCUT2D eigenvalue weighted by Crippen LogP contribution is 2.38. The van der Waals surface area contributed by atoms with Gasteiger partial charge in [-0.15, -0.1) is 0 Å². The summed E-state index contributed by atoms with van der Waals surface area (Å²) in [5.41, 5.74) is 9.88. The predicted octanol–water partition coefficient (Wildman–Crippen LogP) is 5.86. The Kier molecular flexibility index (Phi) is 8.24. The molecule has 3 rings (SSSR count). The largest absolute Gasteiger partial charge is 0.495 e. The van der Waals surface area contributed by atoms with Crippen molar-refractivity contribution in [2.24, 2.45) is 0 Å². The van der Waals surface area contributed by atoms with Crippen LogP contribution in [0.5, 0.6) is 5.75 Å². The lowest BCUT2D eigenvalue weighted by Crippen LogP contribution is -2.25. The van der Waals surface area contributed by atoms with Crippen LogP contribution < -0.4 is 15.8 Å². The SMILES string of the molecule is CCC(Sc1nc(N)c(C#N)c(-c2ccc(C)cc2)c1C#N)C(=O)Nc1cc(C)c(Cl)cc1OC. The van der Waals surface area contributed by atoms with E-state index < -0.39 is 5.25 Å². The molecule has 3 aromatic rings. The first kappa shape index (κ1) is 25.9. The average Bonchev–Trinajstić information content (AvgIpc) is 2.84. The van der Waals surface area contributed by atoms with Crippen molar-refractivity contribution in [3.63, 3.8) is 0 Å². The second kappa shape index (κ2) is 11.1. The molecule has 35 heavy (non-hydrogen) atoms. The van der Waals surface area contributed by atoms with Gasteiger partial charge >= 0.3 is 0 Å². The summed E-state index contributed by atoms with van der Waals surface area (Å²) < 4.78 is 5.36. The molecule has 1 heterocycles. The van der Waals surface area contributed by atoms with Crippen molar-refractivity contribution in [3.8, 4) is 29.0 Å². The molecule has 0 aliphatic carbocycles. The number of aromatic nitrogens is 1. The van der Waals surface area contributed by atoms with Crippen LogP contribution in [0.2, 0.25) is 5.02 Å². The maximum atomic E-state index is 13.2. The average molecular weight is 506 g/mol. The lowest BCUT2D eigenvalue weighted by atomic mass is 9.96. The van der Waals surface area contributed by atoms with E-state index >= 15 is 0 Å². The predicted molar refractivity (Wildman–Crippen MR) is 140 cm³/mol. The molecule has 9 heteroatoms. The molecule has 7 nitrogen and oxygen atoms in total. The zero-order chi connectivity index (χ0) is 25.7. The molecular formula is C26H24ClN5O2S. The van der Waals surface area contributed by atoms with Crippen LogP contribution in [0.3, 0.4) is 0 Å². The van der Waals surface area contributed by atoms with Gasteiger partial charge in [-0.05, 0) is 37.5 Å². The van der Waals surface area contributed by atoms with E-state index in [1.807, 2.05) is 45.0 Å². The number of nitrogens with one attached hydrogen (secondary N) is 1. The first-order chi connectivity index (χ1) is 16.7. The number of nitrogens with zero attached hydrogens (tertiary/aromatic N) is 3. The van der Waals surface area contributed by atoms with Gasteiger partial charge in [0, 0.05) is 16.7 Å². The number of benzene rings is 2. The summed E-state index contributed by atoms with van der Waals surface area (Å²) in [6, 6.07) is 15.1. The third kappa shape index (κ3) is 5.51. The quantitative estimate of drug-likeness (QED) is 0.385. The van der Waals surface area contributed by atoms with E-state index in [-0.39, 0.29) is 22.9 Å². The number of pyridine rings is 1. The van der Waals surface area contributed by atoms with Crippen molar-refractivity contribution >= 4 is 40.8 Å². The number of amides is 1. The molecule has 1 amide bonds. The minimum Gasteiger partial charge on any atom is -0.495 e. The molecular weight excluding hydrogens is 482 g/mol. The Labute approximate surface area is 213 Å². The third-order valence-electron chi connectivity index (χ3n) is 5.41. The van der Waals surface area contributed by atoms with Gasteiger partial charge in [0.2, 0.25) is 5.91 Å². The van der Waals surface area contributed by atoms with Crippen molar-refractivity contribution in [2.75, 3.05) is 18.2 Å². The van der Waals surface area contributed by atoms with Crippen LogP contribution in [0.1, 0.15) is 35.6 Å². The minimum atomic E-state index is -0.589. The molecule has 0 spiro atoms. The fourth-order valence-corrected chi connectivity index (χ4v) is 4.66. The van der Waals surface area contributed by atoms with Gasteiger partial charge < -0.3 is 15.8 Å². The number of rotatable bonds is 7. The standard InChI is InChI=1S/C26H24ClN5O2S/c1-5-22(25(33)31-20-10-15(3)19(27)11-21(20)34-4)35-26-18(13-29)23(17(12-28)24(30)32-26)16-8-6-14(2)7-9-16/h6-11,22H,5H2,1-4H3,(H2,30,32)(H,31,33). The van der Waals surface area contributed by atoms with Crippen molar-refractivity contribution in [1.29, 1.82) is 10.5 Å². The van der Waals surface area contributed by atoms with Crippen molar-refractivity contribution in [2.45, 2.75) is 37.5 Å². The van der Waals surface area contributed by atoms with Crippen LogP contribution in [-0.2, 0) is 4.79 Å². The lowest BCUT2D eigenvalue weighted by molar-refractivity contribution is -0.115. The van der Waals surface area contributed by atoms with Gasteiger partial charge in [-0.25, -0.2) is 4.98 Å². The number of thioether (sulfide) groups is 1. The van der Waals surface area contributed by atoms with E-state index in [0.717, 1.165) is 22.9 Å². The second-order valence-electron chi connectivity index (χ2n) is 7.82. The molecule has 2 aromatic carbocycles. The number of carbonyl (C=O) groups is 1. The number of nitrogens with two attached hydrogens (primary N) is 1. The maximum Gasteiger partial charge on any atom is 0.238 e. The Bertz CT molecular complexity index is 1360. The van der Waals surface area contributed by atoms with Crippen LogP contribution in [0.4, 0.5) is 11.5 Å². The number of nitrogen functional groups attached to an aromatic ring is 1. The number of methoxy groups -OCH3 is 1. The Morgan fingerprint density at radius 2 is 1.86 bits per heavy atom. The summed E-state index contributed by atoms with van der Waals surface area (Å²) in [4.78, 5) is 17.5. The molecule has 1 unspecified atom stereocenters. The monoisotopic (exact) mass is 505 g/mol. The zero-order valence-corrected chi connectivity index (χ0v) is 21.3. The normalized spacial score (nSPS) is 11.3. The van der Waals surface area contributed by atoms with Gasteiger partial charge in [-0.1, -0.05) is 60.1 Å². The second-order valence-corrected chi connectivity index (χ2v) is 9.42. The lowest BCUT2D eigenvalue weighted by Gasteiger charge is -2.19. The van der Waals surface area contributed by atoms with Gasteiger partial charge in [0.05, 0.1) is 23.6 Å². The highest BCUT2D eigenvalue weighted by atomic mass is 35.5. The minimum absolute atomic E-state index is 0.00910. The fraction of sp³-hybridized carbons (Fsp3) is 0.231. The zero-order valence-electron chi connectivity index (χ0n) is 19.8. The molecule has 1 atom stereocenters.